The zero-order valence-corrected chi connectivity index (χ0v) is 18.3. The van der Waals surface area contributed by atoms with Gasteiger partial charge in [-0.15, -0.1) is 31.4 Å². The van der Waals surface area contributed by atoms with Crippen molar-refractivity contribution in [3.63, 3.8) is 0 Å². The smallest absolute Gasteiger partial charge is 0 e. The first kappa shape index (κ1) is 18.4. The molecule has 0 aliphatic heterocycles. The summed E-state index contributed by atoms with van der Waals surface area (Å²) in [6.45, 7) is 4.03. The SMILES string of the molecule is C[C-]=C(C)c1[c-]c2cc3cc4cc5ccccc5cc4cc3cc2cc1.[Y]. The van der Waals surface area contributed by atoms with Crippen LogP contribution in [0.15, 0.2) is 72.8 Å². The standard InChI is InChI=1S/C26H18.Y/c1-3-17(2)18-8-9-21-13-25-15-23-11-19-6-4-5-7-20(19)12-24(23)16-26(25)14-22(21)10-18;/h4-9,11-16H,1-2H3;/q-2;. The van der Waals surface area contributed by atoms with Crippen LogP contribution in [0.1, 0.15) is 19.4 Å². The Morgan fingerprint density at radius 1 is 0.667 bits per heavy atom. The van der Waals surface area contributed by atoms with Crippen molar-refractivity contribution in [1.29, 1.82) is 0 Å². The summed E-state index contributed by atoms with van der Waals surface area (Å²) in [5.41, 5.74) is 2.25. The molecule has 0 bridgehead atoms. The van der Waals surface area contributed by atoms with Gasteiger partial charge in [-0.05, 0) is 45.1 Å². The molecule has 0 amide bonds. The first-order valence-corrected chi connectivity index (χ1v) is 8.95. The quantitative estimate of drug-likeness (QED) is 0.197. The zero-order valence-electron chi connectivity index (χ0n) is 15.5. The Hall–Kier alpha value is -2.02. The third-order valence-corrected chi connectivity index (χ3v) is 5.31. The van der Waals surface area contributed by atoms with Gasteiger partial charge >= 0.3 is 0 Å². The van der Waals surface area contributed by atoms with Crippen molar-refractivity contribution in [2.24, 2.45) is 0 Å². The Bertz CT molecular complexity index is 1340. The molecule has 0 saturated heterocycles. The molecular weight excluding hydrogens is 401 g/mol. The molecule has 0 N–H and O–H groups in total. The second-order valence-corrected chi connectivity index (χ2v) is 6.93. The van der Waals surface area contributed by atoms with Gasteiger partial charge in [-0.3, -0.25) is 11.1 Å². The topological polar surface area (TPSA) is 0 Å². The van der Waals surface area contributed by atoms with Crippen LogP contribution in [0.2, 0.25) is 0 Å². The summed E-state index contributed by atoms with van der Waals surface area (Å²) < 4.78 is 0. The monoisotopic (exact) mass is 419 g/mol. The normalized spacial score (nSPS) is 12.0. The number of hydrogen-bond acceptors (Lipinski definition) is 0. The summed E-state index contributed by atoms with van der Waals surface area (Å²) in [5, 5.41) is 10.1. The molecule has 1 radical (unpaired) electrons. The second kappa shape index (κ2) is 7.19. The van der Waals surface area contributed by atoms with Crippen LogP contribution < -0.4 is 0 Å². The van der Waals surface area contributed by atoms with E-state index in [1.807, 2.05) is 6.92 Å². The van der Waals surface area contributed by atoms with Gasteiger partial charge in [0.1, 0.15) is 0 Å². The summed E-state index contributed by atoms with van der Waals surface area (Å²) >= 11 is 0. The molecule has 0 heterocycles. The Morgan fingerprint density at radius 2 is 1.19 bits per heavy atom. The molecule has 0 fully saturated rings. The molecule has 0 nitrogen and oxygen atoms in total. The van der Waals surface area contributed by atoms with Crippen molar-refractivity contribution in [1.82, 2.24) is 0 Å². The van der Waals surface area contributed by atoms with Crippen LogP contribution >= 0.6 is 0 Å². The van der Waals surface area contributed by atoms with Crippen molar-refractivity contribution in [3.05, 3.63) is 90.5 Å². The molecule has 0 aromatic heterocycles. The van der Waals surface area contributed by atoms with Crippen LogP contribution in [0.3, 0.4) is 0 Å². The predicted molar refractivity (Wildman–Crippen MR) is 113 cm³/mol. The van der Waals surface area contributed by atoms with Crippen LogP contribution in [0.25, 0.3) is 48.7 Å². The van der Waals surface area contributed by atoms with Gasteiger partial charge < -0.3 is 6.08 Å². The van der Waals surface area contributed by atoms with Gasteiger partial charge in [0, 0.05) is 32.7 Å². The Kier molecular flexibility index (Phi) is 4.89. The molecule has 0 aliphatic carbocycles. The molecular formula is C26H18Y-2. The molecule has 5 aromatic rings. The summed E-state index contributed by atoms with van der Waals surface area (Å²) in [7, 11) is 0. The van der Waals surface area contributed by atoms with E-state index >= 15 is 0 Å². The number of hydrogen-bond donors (Lipinski definition) is 0. The molecule has 0 unspecified atom stereocenters. The van der Waals surface area contributed by atoms with Crippen LogP contribution in [0.5, 0.6) is 0 Å². The van der Waals surface area contributed by atoms with Gasteiger partial charge in [-0.25, -0.2) is 12.1 Å². The van der Waals surface area contributed by atoms with E-state index < -0.39 is 0 Å². The second-order valence-electron chi connectivity index (χ2n) is 6.93. The molecule has 0 aliphatic rings. The summed E-state index contributed by atoms with van der Waals surface area (Å²) in [6, 6.07) is 30.1. The van der Waals surface area contributed by atoms with Crippen molar-refractivity contribution in [2.45, 2.75) is 13.8 Å². The average molecular weight is 419 g/mol. The Balaban J connectivity index is 0.00000180. The summed E-state index contributed by atoms with van der Waals surface area (Å²) in [5.74, 6) is 0. The van der Waals surface area contributed by atoms with E-state index in [0.29, 0.717) is 0 Å². The molecule has 1 heteroatoms. The first-order valence-electron chi connectivity index (χ1n) is 8.95. The molecule has 0 saturated carbocycles. The Labute approximate surface area is 184 Å². The van der Waals surface area contributed by atoms with Gasteiger partial charge in [0.05, 0.1) is 0 Å². The van der Waals surface area contributed by atoms with Gasteiger partial charge in [0.15, 0.2) is 0 Å². The number of allylic oxidation sites excluding steroid dienone is 2. The maximum Gasteiger partial charge on any atom is 0 e. The number of fused-ring (bicyclic) bond motifs is 4. The van der Waals surface area contributed by atoms with Gasteiger partial charge in [-0.1, -0.05) is 47.2 Å². The average Bonchev–Trinajstić information content (AvgIpc) is 2.68. The molecule has 5 rings (SSSR count). The fourth-order valence-electron chi connectivity index (χ4n) is 3.72. The van der Waals surface area contributed by atoms with Crippen LogP contribution in [-0.2, 0) is 32.7 Å². The van der Waals surface area contributed by atoms with Crippen molar-refractivity contribution < 1.29 is 32.7 Å². The first-order chi connectivity index (χ1) is 12.7. The van der Waals surface area contributed by atoms with E-state index in [9.17, 15) is 0 Å². The van der Waals surface area contributed by atoms with E-state index in [1.54, 1.807) is 0 Å². The largest absolute Gasteiger partial charge is 0.316 e. The molecule has 0 spiro atoms. The molecule has 0 atom stereocenters. The summed E-state index contributed by atoms with van der Waals surface area (Å²) in [6.07, 6.45) is 3.21. The third kappa shape index (κ3) is 3.22. The van der Waals surface area contributed by atoms with E-state index in [-0.39, 0.29) is 32.7 Å². The van der Waals surface area contributed by atoms with Crippen molar-refractivity contribution in [3.8, 4) is 0 Å². The fraction of sp³-hybridized carbons (Fsp3) is 0.0769. The molecule has 27 heavy (non-hydrogen) atoms. The van der Waals surface area contributed by atoms with E-state index in [0.717, 1.165) is 16.5 Å². The number of rotatable bonds is 1. The zero-order chi connectivity index (χ0) is 17.7. The van der Waals surface area contributed by atoms with Crippen molar-refractivity contribution in [2.75, 3.05) is 0 Å². The minimum absolute atomic E-state index is 0. The number of benzene rings is 5. The van der Waals surface area contributed by atoms with Crippen LogP contribution in [-0.4, -0.2) is 0 Å². The predicted octanol–water partition coefficient (Wildman–Crippen LogP) is 7.32. The third-order valence-electron chi connectivity index (χ3n) is 5.31. The maximum absolute atomic E-state index is 3.55. The molecule has 5 aromatic carbocycles. The van der Waals surface area contributed by atoms with Gasteiger partial charge in [0.25, 0.3) is 0 Å². The van der Waals surface area contributed by atoms with E-state index in [4.69, 9.17) is 0 Å². The maximum atomic E-state index is 3.55. The summed E-state index contributed by atoms with van der Waals surface area (Å²) in [4.78, 5) is 0. The van der Waals surface area contributed by atoms with Crippen LogP contribution in [0, 0.1) is 12.1 Å². The Morgan fingerprint density at radius 3 is 1.78 bits per heavy atom. The van der Waals surface area contributed by atoms with Gasteiger partial charge in [0.2, 0.25) is 0 Å². The van der Waals surface area contributed by atoms with Crippen molar-refractivity contribution >= 4 is 48.7 Å². The van der Waals surface area contributed by atoms with E-state index in [2.05, 4.69) is 91.9 Å². The minimum atomic E-state index is 0. The fourth-order valence-corrected chi connectivity index (χ4v) is 3.72. The molecule has 127 valence electrons. The van der Waals surface area contributed by atoms with Crippen LogP contribution in [0.4, 0.5) is 0 Å². The van der Waals surface area contributed by atoms with Gasteiger partial charge in [-0.2, -0.15) is 0 Å². The van der Waals surface area contributed by atoms with E-state index in [1.165, 1.54) is 37.7 Å². The minimum Gasteiger partial charge on any atom is -0.316 e.